The highest BCUT2D eigenvalue weighted by atomic mass is 15.3. The maximum atomic E-state index is 4.72. The Kier molecular flexibility index (Phi) is 4.89. The van der Waals surface area contributed by atoms with Crippen LogP contribution in [-0.4, -0.2) is 41.0 Å². The average Bonchev–Trinajstić information content (AvgIpc) is 3.22. The SMILES string of the molecule is CCn1nc(C)c(CN2CCn3nc(CNc4ncccn4)cc3C2)c1C. The molecule has 0 bridgehead atoms. The minimum Gasteiger partial charge on any atom is -0.348 e. The third-order valence-corrected chi connectivity index (χ3v) is 5.13. The summed E-state index contributed by atoms with van der Waals surface area (Å²) in [4.78, 5) is 10.9. The van der Waals surface area contributed by atoms with Gasteiger partial charge in [0.2, 0.25) is 5.95 Å². The summed E-state index contributed by atoms with van der Waals surface area (Å²) in [5.41, 5.74) is 6.05. The quantitative estimate of drug-likeness (QED) is 0.720. The van der Waals surface area contributed by atoms with Gasteiger partial charge in [-0.15, -0.1) is 0 Å². The van der Waals surface area contributed by atoms with Crippen molar-refractivity contribution in [3.63, 3.8) is 0 Å². The smallest absolute Gasteiger partial charge is 0.222 e. The highest BCUT2D eigenvalue weighted by molar-refractivity contribution is 5.26. The van der Waals surface area contributed by atoms with Crippen molar-refractivity contribution in [2.45, 2.75) is 53.5 Å². The molecule has 0 unspecified atom stereocenters. The van der Waals surface area contributed by atoms with E-state index < -0.39 is 0 Å². The van der Waals surface area contributed by atoms with Gasteiger partial charge in [0.15, 0.2) is 0 Å². The van der Waals surface area contributed by atoms with Gasteiger partial charge in [-0.3, -0.25) is 14.3 Å². The molecule has 3 aromatic heterocycles. The summed E-state index contributed by atoms with van der Waals surface area (Å²) in [5.74, 6) is 0.629. The Morgan fingerprint density at radius 2 is 1.93 bits per heavy atom. The first kappa shape index (κ1) is 17.7. The molecule has 8 nitrogen and oxygen atoms in total. The van der Waals surface area contributed by atoms with E-state index >= 15 is 0 Å². The first-order valence-electron chi connectivity index (χ1n) is 9.45. The molecule has 27 heavy (non-hydrogen) atoms. The molecule has 1 N–H and O–H groups in total. The van der Waals surface area contributed by atoms with E-state index in [-0.39, 0.29) is 0 Å². The lowest BCUT2D eigenvalue weighted by Gasteiger charge is -2.27. The van der Waals surface area contributed by atoms with Gasteiger partial charge in [0, 0.05) is 49.8 Å². The van der Waals surface area contributed by atoms with Gasteiger partial charge in [-0.05, 0) is 32.9 Å². The van der Waals surface area contributed by atoms with Crippen LogP contribution in [0.15, 0.2) is 24.5 Å². The number of aromatic nitrogens is 6. The Hall–Kier alpha value is -2.74. The van der Waals surface area contributed by atoms with E-state index in [2.05, 4.69) is 61.5 Å². The van der Waals surface area contributed by atoms with Crippen LogP contribution in [0.25, 0.3) is 0 Å². The number of anilines is 1. The lowest BCUT2D eigenvalue weighted by atomic mass is 10.1. The Balaban J connectivity index is 1.41. The Morgan fingerprint density at radius 3 is 2.67 bits per heavy atom. The van der Waals surface area contributed by atoms with Gasteiger partial charge in [-0.2, -0.15) is 10.2 Å². The summed E-state index contributed by atoms with van der Waals surface area (Å²) >= 11 is 0. The molecular weight excluding hydrogens is 340 g/mol. The van der Waals surface area contributed by atoms with Crippen molar-refractivity contribution < 1.29 is 0 Å². The minimum atomic E-state index is 0.629. The molecular formula is C19H26N8. The molecule has 4 rings (SSSR count). The zero-order valence-corrected chi connectivity index (χ0v) is 16.2. The van der Waals surface area contributed by atoms with Crippen molar-refractivity contribution in [2.75, 3.05) is 11.9 Å². The first-order valence-corrected chi connectivity index (χ1v) is 9.45. The Labute approximate surface area is 159 Å². The number of rotatable bonds is 6. The first-order chi connectivity index (χ1) is 13.1. The number of hydrogen-bond acceptors (Lipinski definition) is 6. The van der Waals surface area contributed by atoms with Crippen molar-refractivity contribution in [2.24, 2.45) is 0 Å². The molecule has 8 heteroatoms. The van der Waals surface area contributed by atoms with E-state index in [9.17, 15) is 0 Å². The monoisotopic (exact) mass is 366 g/mol. The van der Waals surface area contributed by atoms with Crippen LogP contribution >= 0.6 is 0 Å². The number of nitrogens with one attached hydrogen (secondary N) is 1. The summed E-state index contributed by atoms with van der Waals surface area (Å²) in [6.07, 6.45) is 3.46. The lowest BCUT2D eigenvalue weighted by molar-refractivity contribution is 0.204. The third-order valence-electron chi connectivity index (χ3n) is 5.13. The van der Waals surface area contributed by atoms with E-state index in [1.165, 1.54) is 17.0 Å². The van der Waals surface area contributed by atoms with Crippen LogP contribution in [0.1, 0.15) is 35.3 Å². The molecule has 0 aliphatic carbocycles. The molecule has 0 saturated heterocycles. The van der Waals surface area contributed by atoms with Gasteiger partial charge in [0.25, 0.3) is 0 Å². The largest absolute Gasteiger partial charge is 0.348 e. The van der Waals surface area contributed by atoms with Gasteiger partial charge in [0.05, 0.1) is 30.2 Å². The predicted octanol–water partition coefficient (Wildman–Crippen LogP) is 2.13. The zero-order valence-electron chi connectivity index (χ0n) is 16.2. The lowest BCUT2D eigenvalue weighted by Crippen LogP contribution is -2.33. The number of fused-ring (bicyclic) bond motifs is 1. The van der Waals surface area contributed by atoms with Gasteiger partial charge in [-0.1, -0.05) is 0 Å². The van der Waals surface area contributed by atoms with Crippen LogP contribution in [0.5, 0.6) is 0 Å². The topological polar surface area (TPSA) is 76.7 Å². The standard InChI is InChI=1S/C19H26N8/c1-4-26-15(3)18(14(2)23-26)13-25-8-9-27-17(12-25)10-16(24-27)11-22-19-20-6-5-7-21-19/h5-7,10H,4,8-9,11-13H2,1-3H3,(H,20,21,22). The summed E-state index contributed by atoms with van der Waals surface area (Å²) in [6.45, 7) is 11.7. The number of nitrogens with zero attached hydrogens (tertiary/aromatic N) is 7. The normalized spacial score (nSPS) is 14.3. The maximum absolute atomic E-state index is 4.72. The summed E-state index contributed by atoms with van der Waals surface area (Å²) < 4.78 is 4.21. The summed E-state index contributed by atoms with van der Waals surface area (Å²) in [5, 5.41) is 12.6. The molecule has 0 aromatic carbocycles. The third kappa shape index (κ3) is 3.71. The highest BCUT2D eigenvalue weighted by Gasteiger charge is 2.21. The van der Waals surface area contributed by atoms with Crippen molar-refractivity contribution in [3.05, 3.63) is 52.9 Å². The predicted molar refractivity (Wildman–Crippen MR) is 103 cm³/mol. The van der Waals surface area contributed by atoms with Crippen LogP contribution in [0, 0.1) is 13.8 Å². The van der Waals surface area contributed by atoms with Crippen molar-refractivity contribution in [3.8, 4) is 0 Å². The fourth-order valence-electron chi connectivity index (χ4n) is 3.66. The second-order valence-corrected chi connectivity index (χ2v) is 6.95. The Bertz CT molecular complexity index is 911. The molecule has 4 heterocycles. The molecule has 3 aromatic rings. The molecule has 0 amide bonds. The van der Waals surface area contributed by atoms with Crippen LogP contribution in [-0.2, 0) is 32.7 Å². The van der Waals surface area contributed by atoms with Crippen molar-refractivity contribution >= 4 is 5.95 Å². The molecule has 0 radical (unpaired) electrons. The average molecular weight is 366 g/mol. The fraction of sp³-hybridized carbons (Fsp3) is 0.474. The molecule has 0 atom stereocenters. The molecule has 142 valence electrons. The maximum Gasteiger partial charge on any atom is 0.222 e. The van der Waals surface area contributed by atoms with E-state index in [0.29, 0.717) is 12.5 Å². The minimum absolute atomic E-state index is 0.629. The van der Waals surface area contributed by atoms with E-state index in [1.54, 1.807) is 12.4 Å². The second kappa shape index (κ2) is 7.48. The number of hydrogen-bond donors (Lipinski definition) is 1. The molecule has 1 aliphatic rings. The van der Waals surface area contributed by atoms with Crippen LogP contribution < -0.4 is 5.32 Å². The molecule has 0 spiro atoms. The molecule has 0 fully saturated rings. The van der Waals surface area contributed by atoms with Gasteiger partial charge in [-0.25, -0.2) is 9.97 Å². The van der Waals surface area contributed by atoms with Crippen LogP contribution in [0.4, 0.5) is 5.95 Å². The molecule has 1 aliphatic heterocycles. The van der Waals surface area contributed by atoms with E-state index in [4.69, 9.17) is 5.10 Å². The summed E-state index contributed by atoms with van der Waals surface area (Å²) in [7, 11) is 0. The summed E-state index contributed by atoms with van der Waals surface area (Å²) in [6, 6.07) is 3.99. The second-order valence-electron chi connectivity index (χ2n) is 6.95. The van der Waals surface area contributed by atoms with Gasteiger partial charge in [0.1, 0.15) is 0 Å². The molecule has 0 saturated carbocycles. The van der Waals surface area contributed by atoms with E-state index in [1.807, 2.05) is 6.07 Å². The van der Waals surface area contributed by atoms with Crippen LogP contribution in [0.3, 0.4) is 0 Å². The highest BCUT2D eigenvalue weighted by Crippen LogP contribution is 2.20. The Morgan fingerprint density at radius 1 is 1.11 bits per heavy atom. The number of aryl methyl sites for hydroxylation is 2. The van der Waals surface area contributed by atoms with Gasteiger partial charge < -0.3 is 5.32 Å². The fourth-order valence-corrected chi connectivity index (χ4v) is 3.66. The zero-order chi connectivity index (χ0) is 18.8. The van der Waals surface area contributed by atoms with Crippen LogP contribution in [0.2, 0.25) is 0 Å². The van der Waals surface area contributed by atoms with E-state index in [0.717, 1.165) is 44.1 Å². The van der Waals surface area contributed by atoms with Crippen molar-refractivity contribution in [1.29, 1.82) is 0 Å². The van der Waals surface area contributed by atoms with Crippen molar-refractivity contribution in [1.82, 2.24) is 34.4 Å². The van der Waals surface area contributed by atoms with Gasteiger partial charge >= 0.3 is 0 Å².